The third-order valence-electron chi connectivity index (χ3n) is 5.24. The fourth-order valence-electron chi connectivity index (χ4n) is 3.36. The summed E-state index contributed by atoms with van der Waals surface area (Å²) >= 11 is 0. The zero-order valence-electron chi connectivity index (χ0n) is 16.3. The Labute approximate surface area is 161 Å². The van der Waals surface area contributed by atoms with Crippen molar-refractivity contribution in [2.75, 3.05) is 18.4 Å². The molecule has 0 aliphatic carbocycles. The SMILES string of the molecule is Cc1c(S(=O)(=O)N2CCCC2)cc(C(=O)Nc2ccc(C(C)C)cc2)n1C. The lowest BCUT2D eigenvalue weighted by Crippen LogP contribution is -2.28. The van der Waals surface area contributed by atoms with Crippen molar-refractivity contribution in [1.29, 1.82) is 0 Å². The smallest absolute Gasteiger partial charge is 0.272 e. The van der Waals surface area contributed by atoms with Crippen LogP contribution in [0.4, 0.5) is 5.69 Å². The Bertz CT molecular complexity index is 938. The fraction of sp³-hybridized carbons (Fsp3) is 0.450. The molecule has 27 heavy (non-hydrogen) atoms. The molecule has 146 valence electrons. The normalized spacial score (nSPS) is 15.4. The Morgan fingerprint density at radius 1 is 1.11 bits per heavy atom. The summed E-state index contributed by atoms with van der Waals surface area (Å²) in [6.45, 7) is 7.04. The topological polar surface area (TPSA) is 71.4 Å². The Morgan fingerprint density at radius 3 is 2.26 bits per heavy atom. The highest BCUT2D eigenvalue weighted by Gasteiger charge is 2.31. The zero-order chi connectivity index (χ0) is 19.8. The highest BCUT2D eigenvalue weighted by Crippen LogP contribution is 2.26. The van der Waals surface area contributed by atoms with Crippen LogP contribution in [0.2, 0.25) is 0 Å². The van der Waals surface area contributed by atoms with Crippen molar-refractivity contribution < 1.29 is 13.2 Å². The lowest BCUT2D eigenvalue weighted by molar-refractivity contribution is 0.101. The standard InChI is InChI=1S/C20H27N3O3S/c1-14(2)16-7-9-17(10-8-16)21-20(24)18-13-19(15(3)22(18)4)27(25,26)23-11-5-6-12-23/h7-10,13-14H,5-6,11-12H2,1-4H3,(H,21,24). The lowest BCUT2D eigenvalue weighted by atomic mass is 10.0. The molecule has 1 fully saturated rings. The maximum absolute atomic E-state index is 12.9. The van der Waals surface area contributed by atoms with Crippen LogP contribution in [0.25, 0.3) is 0 Å². The second kappa shape index (κ2) is 7.48. The highest BCUT2D eigenvalue weighted by atomic mass is 32.2. The third kappa shape index (κ3) is 3.80. The summed E-state index contributed by atoms with van der Waals surface area (Å²) in [6.07, 6.45) is 1.76. The molecule has 1 aromatic carbocycles. The van der Waals surface area contributed by atoms with Gasteiger partial charge in [-0.15, -0.1) is 0 Å². The van der Waals surface area contributed by atoms with E-state index in [4.69, 9.17) is 0 Å². The van der Waals surface area contributed by atoms with Crippen molar-refractivity contribution in [2.24, 2.45) is 7.05 Å². The average molecular weight is 390 g/mol. The Morgan fingerprint density at radius 2 is 1.70 bits per heavy atom. The largest absolute Gasteiger partial charge is 0.343 e. The summed E-state index contributed by atoms with van der Waals surface area (Å²) in [4.78, 5) is 12.9. The van der Waals surface area contributed by atoms with Crippen molar-refractivity contribution >= 4 is 21.6 Å². The summed E-state index contributed by atoms with van der Waals surface area (Å²) in [7, 11) is -1.84. The molecule has 0 spiro atoms. The van der Waals surface area contributed by atoms with E-state index in [1.54, 1.807) is 18.5 Å². The van der Waals surface area contributed by atoms with Gasteiger partial charge in [0.15, 0.2) is 0 Å². The lowest BCUT2D eigenvalue weighted by Gasteiger charge is -2.15. The predicted molar refractivity (Wildman–Crippen MR) is 107 cm³/mol. The molecule has 2 aromatic rings. The van der Waals surface area contributed by atoms with Crippen molar-refractivity contribution in [3.63, 3.8) is 0 Å². The minimum atomic E-state index is -3.56. The van der Waals surface area contributed by atoms with Crippen LogP contribution >= 0.6 is 0 Å². The molecule has 7 heteroatoms. The van der Waals surface area contributed by atoms with E-state index in [0.717, 1.165) is 12.8 Å². The number of anilines is 1. The van der Waals surface area contributed by atoms with Crippen LogP contribution in [0.5, 0.6) is 0 Å². The van der Waals surface area contributed by atoms with Gasteiger partial charge < -0.3 is 9.88 Å². The van der Waals surface area contributed by atoms with Gasteiger partial charge in [0, 0.05) is 31.5 Å². The average Bonchev–Trinajstić information content (AvgIpc) is 3.26. The predicted octanol–water partition coefficient (Wildman–Crippen LogP) is 3.49. The molecule has 0 radical (unpaired) electrons. The fourth-order valence-corrected chi connectivity index (χ4v) is 5.15. The number of hydrogen-bond donors (Lipinski definition) is 1. The minimum Gasteiger partial charge on any atom is -0.343 e. The van der Waals surface area contributed by atoms with E-state index in [9.17, 15) is 13.2 Å². The number of rotatable bonds is 5. The van der Waals surface area contributed by atoms with Gasteiger partial charge in [-0.3, -0.25) is 4.79 Å². The molecule has 3 rings (SSSR count). The molecular weight excluding hydrogens is 362 g/mol. The van der Waals surface area contributed by atoms with Crippen LogP contribution in [0.3, 0.4) is 0 Å². The monoisotopic (exact) mass is 389 g/mol. The van der Waals surface area contributed by atoms with Gasteiger partial charge in [0.25, 0.3) is 5.91 Å². The highest BCUT2D eigenvalue weighted by molar-refractivity contribution is 7.89. The van der Waals surface area contributed by atoms with Gasteiger partial charge in [-0.1, -0.05) is 26.0 Å². The second-order valence-corrected chi connectivity index (χ2v) is 9.29. The van der Waals surface area contributed by atoms with E-state index in [1.807, 2.05) is 24.3 Å². The van der Waals surface area contributed by atoms with Crippen LogP contribution < -0.4 is 5.32 Å². The Hall–Kier alpha value is -2.12. The summed E-state index contributed by atoms with van der Waals surface area (Å²) in [5.41, 5.74) is 2.79. The van der Waals surface area contributed by atoms with E-state index in [0.29, 0.717) is 36.1 Å². The molecule has 2 heterocycles. The maximum Gasteiger partial charge on any atom is 0.272 e. The summed E-state index contributed by atoms with van der Waals surface area (Å²) < 4.78 is 28.9. The van der Waals surface area contributed by atoms with Crippen molar-refractivity contribution in [3.8, 4) is 0 Å². The number of nitrogens with zero attached hydrogens (tertiary/aromatic N) is 2. The molecule has 1 N–H and O–H groups in total. The van der Waals surface area contributed by atoms with Gasteiger partial charge >= 0.3 is 0 Å². The summed E-state index contributed by atoms with van der Waals surface area (Å²) in [6, 6.07) is 9.19. The van der Waals surface area contributed by atoms with Crippen molar-refractivity contribution in [3.05, 3.63) is 47.3 Å². The van der Waals surface area contributed by atoms with Gasteiger partial charge in [0.2, 0.25) is 10.0 Å². The molecule has 1 saturated heterocycles. The van der Waals surface area contributed by atoms with Gasteiger partial charge in [-0.05, 0) is 49.4 Å². The van der Waals surface area contributed by atoms with Gasteiger partial charge in [0.1, 0.15) is 10.6 Å². The molecule has 1 aliphatic heterocycles. The Balaban J connectivity index is 1.85. The van der Waals surface area contributed by atoms with Gasteiger partial charge in [-0.2, -0.15) is 4.31 Å². The summed E-state index contributed by atoms with van der Waals surface area (Å²) in [5.74, 6) is 0.101. The quantitative estimate of drug-likeness (QED) is 0.851. The molecule has 1 amide bonds. The number of sulfonamides is 1. The molecule has 0 atom stereocenters. The molecule has 6 nitrogen and oxygen atoms in total. The first-order valence-corrected chi connectivity index (χ1v) is 10.7. The van der Waals surface area contributed by atoms with Crippen LogP contribution in [0, 0.1) is 6.92 Å². The molecule has 1 aliphatic rings. The first-order valence-electron chi connectivity index (χ1n) is 9.29. The van der Waals surface area contributed by atoms with E-state index < -0.39 is 10.0 Å². The number of carbonyl (C=O) groups is 1. The second-order valence-electron chi connectivity index (χ2n) is 7.38. The third-order valence-corrected chi connectivity index (χ3v) is 7.25. The van der Waals surface area contributed by atoms with Crippen LogP contribution in [-0.2, 0) is 17.1 Å². The molecule has 0 bridgehead atoms. The van der Waals surface area contributed by atoms with Gasteiger partial charge in [0.05, 0.1) is 0 Å². The molecule has 1 aromatic heterocycles. The molecule has 0 unspecified atom stereocenters. The molecular formula is C20H27N3O3S. The van der Waals surface area contributed by atoms with Crippen LogP contribution in [-0.4, -0.2) is 36.3 Å². The van der Waals surface area contributed by atoms with Crippen molar-refractivity contribution in [2.45, 2.75) is 44.4 Å². The number of carbonyl (C=O) groups excluding carboxylic acids is 1. The van der Waals surface area contributed by atoms with Crippen LogP contribution in [0.15, 0.2) is 35.2 Å². The number of benzene rings is 1. The van der Waals surface area contributed by atoms with Crippen molar-refractivity contribution in [1.82, 2.24) is 8.87 Å². The van der Waals surface area contributed by atoms with E-state index in [-0.39, 0.29) is 10.8 Å². The first kappa shape index (κ1) is 19.6. The van der Waals surface area contributed by atoms with Gasteiger partial charge in [-0.25, -0.2) is 8.42 Å². The van der Waals surface area contributed by atoms with Crippen LogP contribution in [0.1, 0.15) is 54.4 Å². The van der Waals surface area contributed by atoms with E-state index >= 15 is 0 Å². The minimum absolute atomic E-state index is 0.215. The summed E-state index contributed by atoms with van der Waals surface area (Å²) in [5, 5.41) is 2.86. The number of nitrogens with one attached hydrogen (secondary N) is 1. The first-order chi connectivity index (χ1) is 12.7. The zero-order valence-corrected chi connectivity index (χ0v) is 17.1. The number of hydrogen-bond acceptors (Lipinski definition) is 3. The van der Waals surface area contributed by atoms with E-state index in [2.05, 4.69) is 19.2 Å². The Kier molecular flexibility index (Phi) is 5.44. The number of amides is 1. The van der Waals surface area contributed by atoms with E-state index in [1.165, 1.54) is 15.9 Å². The maximum atomic E-state index is 12.9. The molecule has 0 saturated carbocycles. The number of aromatic nitrogens is 1.